The fourth-order valence-corrected chi connectivity index (χ4v) is 1.36. The first-order valence-electron chi connectivity index (χ1n) is 4.22. The van der Waals surface area contributed by atoms with E-state index in [1.54, 1.807) is 0 Å². The summed E-state index contributed by atoms with van der Waals surface area (Å²) in [6.45, 7) is 0. The van der Waals surface area contributed by atoms with Crippen LogP contribution in [0.4, 0.5) is 26.3 Å². The fourth-order valence-electron chi connectivity index (χ4n) is 1.12. The van der Waals surface area contributed by atoms with Crippen molar-refractivity contribution < 1.29 is 26.3 Å². The van der Waals surface area contributed by atoms with Crippen molar-refractivity contribution in [2.24, 2.45) is 5.73 Å². The maximum Gasteiger partial charge on any atom is 0.455 e. The van der Waals surface area contributed by atoms with Gasteiger partial charge in [0.25, 0.3) is 0 Å². The van der Waals surface area contributed by atoms with Crippen LogP contribution in [0.1, 0.15) is 11.6 Å². The molecule has 0 heterocycles. The van der Waals surface area contributed by atoms with Crippen molar-refractivity contribution in [3.8, 4) is 0 Å². The molecule has 0 amide bonds. The van der Waals surface area contributed by atoms with Crippen LogP contribution in [0.15, 0.2) is 18.2 Å². The highest BCUT2D eigenvalue weighted by Crippen LogP contribution is 2.44. The van der Waals surface area contributed by atoms with Gasteiger partial charge in [-0.2, -0.15) is 22.0 Å². The zero-order valence-electron chi connectivity index (χ0n) is 8.03. The van der Waals surface area contributed by atoms with E-state index in [4.69, 9.17) is 17.3 Å². The van der Waals surface area contributed by atoms with Gasteiger partial charge in [-0.25, -0.2) is 4.39 Å². The van der Waals surface area contributed by atoms with Gasteiger partial charge in [0.15, 0.2) is 0 Å². The Labute approximate surface area is 97.2 Å². The summed E-state index contributed by atoms with van der Waals surface area (Å²) in [5, 5.41) is -0.456. The molecule has 0 aliphatic rings. The Hall–Kier alpha value is -0.950. The van der Waals surface area contributed by atoms with Crippen LogP contribution >= 0.6 is 11.6 Å². The van der Waals surface area contributed by atoms with E-state index in [0.717, 1.165) is 12.1 Å². The molecular weight excluding hydrogens is 272 g/mol. The third-order valence-corrected chi connectivity index (χ3v) is 2.41. The second-order valence-corrected chi connectivity index (χ2v) is 3.67. The Morgan fingerprint density at radius 3 is 2.12 bits per heavy atom. The molecule has 1 aromatic rings. The minimum atomic E-state index is -5.83. The molecule has 0 unspecified atom stereocenters. The van der Waals surface area contributed by atoms with Crippen LogP contribution in [0.25, 0.3) is 0 Å². The van der Waals surface area contributed by atoms with Gasteiger partial charge < -0.3 is 5.73 Å². The standard InChI is InChI=1S/C9H6ClF6N/c10-6-2-1-4(11)3-5(6)7(17)8(12,13)9(14,15)16/h1-3,7H,17H2/t7-/m0/s1. The molecule has 17 heavy (non-hydrogen) atoms. The summed E-state index contributed by atoms with van der Waals surface area (Å²) in [6, 6.07) is -0.624. The van der Waals surface area contributed by atoms with E-state index < -0.39 is 34.5 Å². The quantitative estimate of drug-likeness (QED) is 0.820. The topological polar surface area (TPSA) is 26.0 Å². The number of rotatable bonds is 2. The Morgan fingerprint density at radius 1 is 1.12 bits per heavy atom. The smallest absolute Gasteiger partial charge is 0.319 e. The van der Waals surface area contributed by atoms with E-state index in [1.807, 2.05) is 0 Å². The summed E-state index contributed by atoms with van der Waals surface area (Å²) in [7, 11) is 0. The average molecular weight is 278 g/mol. The molecule has 0 radical (unpaired) electrons. The molecule has 0 aromatic heterocycles. The molecule has 0 saturated heterocycles. The molecule has 0 spiro atoms. The van der Waals surface area contributed by atoms with Gasteiger partial charge in [0.1, 0.15) is 11.9 Å². The lowest BCUT2D eigenvalue weighted by molar-refractivity contribution is -0.291. The highest BCUT2D eigenvalue weighted by molar-refractivity contribution is 6.31. The number of nitrogens with two attached hydrogens (primary N) is 1. The highest BCUT2D eigenvalue weighted by Gasteiger charge is 2.62. The highest BCUT2D eigenvalue weighted by atomic mass is 35.5. The molecule has 1 rings (SSSR count). The monoisotopic (exact) mass is 277 g/mol. The van der Waals surface area contributed by atoms with E-state index >= 15 is 0 Å². The van der Waals surface area contributed by atoms with Crippen molar-refractivity contribution in [3.05, 3.63) is 34.6 Å². The molecular formula is C9H6ClF6N. The van der Waals surface area contributed by atoms with Crippen molar-refractivity contribution in [3.63, 3.8) is 0 Å². The largest absolute Gasteiger partial charge is 0.455 e. The van der Waals surface area contributed by atoms with E-state index in [0.29, 0.717) is 6.07 Å². The molecule has 2 N–H and O–H groups in total. The van der Waals surface area contributed by atoms with Crippen molar-refractivity contribution in [2.45, 2.75) is 18.1 Å². The summed E-state index contributed by atoms with van der Waals surface area (Å²) in [5.41, 5.74) is 4.01. The Kier molecular flexibility index (Phi) is 3.63. The molecule has 0 saturated carbocycles. The molecule has 1 nitrogen and oxygen atoms in total. The predicted molar refractivity (Wildman–Crippen MR) is 49.3 cm³/mol. The fraction of sp³-hybridized carbons (Fsp3) is 0.333. The van der Waals surface area contributed by atoms with Gasteiger partial charge in [0.2, 0.25) is 0 Å². The maximum atomic E-state index is 12.9. The summed E-state index contributed by atoms with van der Waals surface area (Å²) in [4.78, 5) is 0. The first-order chi connectivity index (χ1) is 7.57. The van der Waals surface area contributed by atoms with Crippen LogP contribution in [0.3, 0.4) is 0 Å². The van der Waals surface area contributed by atoms with Gasteiger partial charge in [-0.15, -0.1) is 0 Å². The van der Waals surface area contributed by atoms with E-state index in [2.05, 4.69) is 0 Å². The molecule has 0 aliphatic heterocycles. The molecule has 0 fully saturated rings. The maximum absolute atomic E-state index is 12.9. The van der Waals surface area contributed by atoms with Crippen molar-refractivity contribution >= 4 is 11.6 Å². The van der Waals surface area contributed by atoms with E-state index in [-0.39, 0.29) is 0 Å². The summed E-state index contributed by atoms with van der Waals surface area (Å²) in [5.74, 6) is -6.19. The molecule has 0 aliphatic carbocycles. The lowest BCUT2D eigenvalue weighted by atomic mass is 10.0. The summed E-state index contributed by atoms with van der Waals surface area (Å²) >= 11 is 5.40. The molecule has 0 bridgehead atoms. The van der Waals surface area contributed by atoms with Crippen molar-refractivity contribution in [1.82, 2.24) is 0 Å². The summed E-state index contributed by atoms with van der Waals surface area (Å²) < 4.78 is 74.6. The minimum absolute atomic E-state index is 0.451. The van der Waals surface area contributed by atoms with Crippen LogP contribution in [0.5, 0.6) is 0 Å². The van der Waals surface area contributed by atoms with Gasteiger partial charge >= 0.3 is 12.1 Å². The first kappa shape index (κ1) is 14.1. The van der Waals surface area contributed by atoms with Gasteiger partial charge in [-0.3, -0.25) is 0 Å². The lowest BCUT2D eigenvalue weighted by Crippen LogP contribution is -2.46. The van der Waals surface area contributed by atoms with Crippen molar-refractivity contribution in [2.75, 3.05) is 0 Å². The minimum Gasteiger partial charge on any atom is -0.319 e. The molecule has 1 atom stereocenters. The second-order valence-electron chi connectivity index (χ2n) is 3.26. The van der Waals surface area contributed by atoms with E-state index in [9.17, 15) is 26.3 Å². The number of hydrogen-bond donors (Lipinski definition) is 1. The molecule has 8 heteroatoms. The number of alkyl halides is 5. The molecule has 96 valence electrons. The van der Waals surface area contributed by atoms with E-state index in [1.165, 1.54) is 0 Å². The van der Waals surface area contributed by atoms with Gasteiger partial charge in [-0.05, 0) is 23.8 Å². The normalized spacial score (nSPS) is 14.8. The molecule has 1 aromatic carbocycles. The zero-order valence-corrected chi connectivity index (χ0v) is 8.79. The Balaban J connectivity index is 3.21. The van der Waals surface area contributed by atoms with Crippen LogP contribution in [-0.4, -0.2) is 12.1 Å². The third kappa shape index (κ3) is 2.66. The number of halogens is 7. The van der Waals surface area contributed by atoms with Gasteiger partial charge in [0, 0.05) is 5.02 Å². The SMILES string of the molecule is N[C@@H](c1cc(F)ccc1Cl)C(F)(F)C(F)(F)F. The van der Waals surface area contributed by atoms with Crippen LogP contribution in [-0.2, 0) is 0 Å². The summed E-state index contributed by atoms with van der Waals surface area (Å²) in [6.07, 6.45) is -5.83. The second kappa shape index (κ2) is 4.38. The van der Waals surface area contributed by atoms with Crippen LogP contribution < -0.4 is 5.73 Å². The Morgan fingerprint density at radius 2 is 1.65 bits per heavy atom. The van der Waals surface area contributed by atoms with Crippen molar-refractivity contribution in [1.29, 1.82) is 0 Å². The number of hydrogen-bond acceptors (Lipinski definition) is 1. The Bertz CT molecular complexity index is 416. The predicted octanol–water partition coefficient (Wildman–Crippen LogP) is 3.68. The van der Waals surface area contributed by atoms with Crippen LogP contribution in [0.2, 0.25) is 5.02 Å². The lowest BCUT2D eigenvalue weighted by Gasteiger charge is -2.26. The number of benzene rings is 1. The third-order valence-electron chi connectivity index (χ3n) is 2.06. The first-order valence-corrected chi connectivity index (χ1v) is 4.60. The van der Waals surface area contributed by atoms with Gasteiger partial charge in [-0.1, -0.05) is 11.6 Å². The van der Waals surface area contributed by atoms with Crippen LogP contribution in [0, 0.1) is 5.82 Å². The average Bonchev–Trinajstić information content (AvgIpc) is 2.19. The van der Waals surface area contributed by atoms with Gasteiger partial charge in [0.05, 0.1) is 0 Å². The zero-order chi connectivity index (χ0) is 13.4.